The lowest BCUT2D eigenvalue weighted by molar-refractivity contribution is -0.0444. The first-order valence-electron chi connectivity index (χ1n) is 6.16. The van der Waals surface area contributed by atoms with Crippen LogP contribution in [0, 0.1) is 5.92 Å². The van der Waals surface area contributed by atoms with Crippen molar-refractivity contribution in [3.63, 3.8) is 0 Å². The van der Waals surface area contributed by atoms with Crippen LogP contribution in [-0.2, 0) is 4.74 Å². The molecule has 1 saturated carbocycles. The SMILES string of the molecule is CCCC1CCC(OCC(O)CO)CC1. The molecule has 0 bridgehead atoms. The van der Waals surface area contributed by atoms with Crippen molar-refractivity contribution in [1.82, 2.24) is 0 Å². The summed E-state index contributed by atoms with van der Waals surface area (Å²) in [6, 6.07) is 0. The summed E-state index contributed by atoms with van der Waals surface area (Å²) in [5.41, 5.74) is 0. The monoisotopic (exact) mass is 216 g/mol. The van der Waals surface area contributed by atoms with Crippen molar-refractivity contribution in [3.05, 3.63) is 0 Å². The fourth-order valence-electron chi connectivity index (χ4n) is 2.30. The van der Waals surface area contributed by atoms with Crippen LogP contribution in [0.15, 0.2) is 0 Å². The van der Waals surface area contributed by atoms with Gasteiger partial charge in [0.15, 0.2) is 0 Å². The maximum absolute atomic E-state index is 9.15. The molecule has 15 heavy (non-hydrogen) atoms. The number of aliphatic hydroxyl groups is 2. The number of ether oxygens (including phenoxy) is 1. The third kappa shape index (κ3) is 4.96. The van der Waals surface area contributed by atoms with Crippen LogP contribution in [0.25, 0.3) is 0 Å². The minimum absolute atomic E-state index is 0.203. The Bertz CT molecular complexity index is 153. The largest absolute Gasteiger partial charge is 0.394 e. The standard InChI is InChI=1S/C12H24O3/c1-2-3-10-4-6-12(7-5-10)15-9-11(14)8-13/h10-14H,2-9H2,1H3. The average molecular weight is 216 g/mol. The highest BCUT2D eigenvalue weighted by molar-refractivity contribution is 4.72. The quantitative estimate of drug-likeness (QED) is 0.710. The summed E-state index contributed by atoms with van der Waals surface area (Å²) in [6.07, 6.45) is 6.95. The van der Waals surface area contributed by atoms with Crippen LogP contribution < -0.4 is 0 Å². The molecule has 3 heteroatoms. The molecule has 3 nitrogen and oxygen atoms in total. The summed E-state index contributed by atoms with van der Waals surface area (Å²) < 4.78 is 5.55. The third-order valence-electron chi connectivity index (χ3n) is 3.23. The van der Waals surface area contributed by atoms with Crippen molar-refractivity contribution in [2.75, 3.05) is 13.2 Å². The van der Waals surface area contributed by atoms with Gasteiger partial charge in [0.2, 0.25) is 0 Å². The molecule has 1 rings (SSSR count). The smallest absolute Gasteiger partial charge is 0.100 e. The van der Waals surface area contributed by atoms with Gasteiger partial charge in [0, 0.05) is 0 Å². The molecule has 1 aliphatic carbocycles. The van der Waals surface area contributed by atoms with Gasteiger partial charge in [-0.15, -0.1) is 0 Å². The summed E-state index contributed by atoms with van der Waals surface area (Å²) in [4.78, 5) is 0. The van der Waals surface area contributed by atoms with Gasteiger partial charge in [0.1, 0.15) is 6.10 Å². The van der Waals surface area contributed by atoms with Gasteiger partial charge in [-0.2, -0.15) is 0 Å². The molecule has 90 valence electrons. The van der Waals surface area contributed by atoms with Crippen LogP contribution in [0.2, 0.25) is 0 Å². The van der Waals surface area contributed by atoms with E-state index in [-0.39, 0.29) is 13.2 Å². The van der Waals surface area contributed by atoms with Gasteiger partial charge in [0.05, 0.1) is 19.3 Å². The van der Waals surface area contributed by atoms with Crippen LogP contribution in [0.4, 0.5) is 0 Å². The van der Waals surface area contributed by atoms with Crippen molar-refractivity contribution in [2.24, 2.45) is 5.92 Å². The van der Waals surface area contributed by atoms with Crippen molar-refractivity contribution in [2.45, 2.75) is 57.7 Å². The summed E-state index contributed by atoms with van der Waals surface area (Å²) in [7, 11) is 0. The Morgan fingerprint density at radius 3 is 2.47 bits per heavy atom. The van der Waals surface area contributed by atoms with Gasteiger partial charge in [0.25, 0.3) is 0 Å². The summed E-state index contributed by atoms with van der Waals surface area (Å²) in [5.74, 6) is 0.887. The van der Waals surface area contributed by atoms with Crippen LogP contribution in [-0.4, -0.2) is 35.6 Å². The van der Waals surface area contributed by atoms with Crippen LogP contribution in [0.1, 0.15) is 45.4 Å². The zero-order valence-electron chi connectivity index (χ0n) is 9.69. The number of rotatable bonds is 6. The Hall–Kier alpha value is -0.120. The molecule has 2 N–H and O–H groups in total. The molecule has 1 aliphatic rings. The lowest BCUT2D eigenvalue weighted by Gasteiger charge is -2.28. The lowest BCUT2D eigenvalue weighted by Crippen LogP contribution is -2.27. The Balaban J connectivity index is 2.09. The van der Waals surface area contributed by atoms with E-state index in [4.69, 9.17) is 14.9 Å². The Labute approximate surface area is 92.4 Å². The van der Waals surface area contributed by atoms with E-state index >= 15 is 0 Å². The van der Waals surface area contributed by atoms with E-state index < -0.39 is 6.10 Å². The molecular weight excluding hydrogens is 192 g/mol. The van der Waals surface area contributed by atoms with E-state index in [1.165, 1.54) is 25.7 Å². The molecule has 1 unspecified atom stereocenters. The number of hydrogen-bond acceptors (Lipinski definition) is 3. The predicted molar refractivity (Wildman–Crippen MR) is 59.7 cm³/mol. The maximum Gasteiger partial charge on any atom is 0.100 e. The van der Waals surface area contributed by atoms with E-state index in [0.717, 1.165) is 18.8 Å². The molecule has 0 saturated heterocycles. The molecule has 0 aromatic carbocycles. The van der Waals surface area contributed by atoms with E-state index in [1.54, 1.807) is 0 Å². The van der Waals surface area contributed by atoms with Crippen LogP contribution >= 0.6 is 0 Å². The fraction of sp³-hybridized carbons (Fsp3) is 1.00. The van der Waals surface area contributed by atoms with Gasteiger partial charge < -0.3 is 14.9 Å². The lowest BCUT2D eigenvalue weighted by atomic mass is 9.85. The van der Waals surface area contributed by atoms with Crippen molar-refractivity contribution < 1.29 is 14.9 Å². The van der Waals surface area contributed by atoms with E-state index in [9.17, 15) is 0 Å². The first-order valence-corrected chi connectivity index (χ1v) is 6.16. The van der Waals surface area contributed by atoms with E-state index in [1.807, 2.05) is 0 Å². The molecule has 0 amide bonds. The van der Waals surface area contributed by atoms with Crippen molar-refractivity contribution >= 4 is 0 Å². The number of hydrogen-bond donors (Lipinski definition) is 2. The second-order valence-corrected chi connectivity index (χ2v) is 4.60. The second kappa shape index (κ2) is 7.20. The normalized spacial score (nSPS) is 29.0. The maximum atomic E-state index is 9.15. The Morgan fingerprint density at radius 2 is 1.93 bits per heavy atom. The topological polar surface area (TPSA) is 49.7 Å². The predicted octanol–water partition coefficient (Wildman–Crippen LogP) is 1.72. The zero-order valence-corrected chi connectivity index (χ0v) is 9.69. The highest BCUT2D eigenvalue weighted by Gasteiger charge is 2.21. The molecule has 0 aromatic rings. The number of aliphatic hydroxyl groups excluding tert-OH is 2. The van der Waals surface area contributed by atoms with Gasteiger partial charge in [-0.1, -0.05) is 19.8 Å². The van der Waals surface area contributed by atoms with Gasteiger partial charge in [-0.25, -0.2) is 0 Å². The third-order valence-corrected chi connectivity index (χ3v) is 3.23. The second-order valence-electron chi connectivity index (χ2n) is 4.60. The summed E-state index contributed by atoms with van der Waals surface area (Å²) in [5, 5.41) is 17.8. The van der Waals surface area contributed by atoms with Crippen LogP contribution in [0.5, 0.6) is 0 Å². The molecular formula is C12H24O3. The van der Waals surface area contributed by atoms with Gasteiger partial charge in [-0.3, -0.25) is 0 Å². The molecule has 1 fully saturated rings. The van der Waals surface area contributed by atoms with Gasteiger partial charge >= 0.3 is 0 Å². The van der Waals surface area contributed by atoms with Crippen molar-refractivity contribution in [1.29, 1.82) is 0 Å². The molecule has 1 atom stereocenters. The highest BCUT2D eigenvalue weighted by Crippen LogP contribution is 2.29. The van der Waals surface area contributed by atoms with Crippen LogP contribution in [0.3, 0.4) is 0 Å². The molecule has 0 aromatic heterocycles. The zero-order chi connectivity index (χ0) is 11.1. The van der Waals surface area contributed by atoms with E-state index in [2.05, 4.69) is 6.92 Å². The minimum Gasteiger partial charge on any atom is -0.394 e. The average Bonchev–Trinajstić information content (AvgIpc) is 2.28. The Morgan fingerprint density at radius 1 is 1.27 bits per heavy atom. The van der Waals surface area contributed by atoms with E-state index in [0.29, 0.717) is 6.10 Å². The molecule has 0 radical (unpaired) electrons. The Kier molecular flexibility index (Phi) is 6.22. The molecule has 0 spiro atoms. The molecule has 0 heterocycles. The first kappa shape index (κ1) is 12.9. The summed E-state index contributed by atoms with van der Waals surface area (Å²) >= 11 is 0. The van der Waals surface area contributed by atoms with Gasteiger partial charge in [-0.05, 0) is 31.6 Å². The minimum atomic E-state index is -0.710. The highest BCUT2D eigenvalue weighted by atomic mass is 16.5. The fourth-order valence-corrected chi connectivity index (χ4v) is 2.30. The van der Waals surface area contributed by atoms with Crippen molar-refractivity contribution in [3.8, 4) is 0 Å². The summed E-state index contributed by atoms with van der Waals surface area (Å²) in [6.45, 7) is 2.31. The molecule has 0 aliphatic heterocycles. The first-order chi connectivity index (χ1) is 7.26.